The number of phenols is 1. The lowest BCUT2D eigenvalue weighted by molar-refractivity contribution is 0.107. The van der Waals surface area contributed by atoms with Gasteiger partial charge in [-0.25, -0.2) is 21.6 Å². The van der Waals surface area contributed by atoms with Crippen LogP contribution in [0.1, 0.15) is 51.0 Å². The summed E-state index contributed by atoms with van der Waals surface area (Å²) in [4.78, 5) is 17.6. The predicted octanol–water partition coefficient (Wildman–Crippen LogP) is 5.75. The molecule has 47 heavy (non-hydrogen) atoms. The molecule has 7 rings (SSSR count). The first-order valence-electron chi connectivity index (χ1n) is 16.2. The van der Waals surface area contributed by atoms with Gasteiger partial charge in [-0.3, -0.25) is 9.88 Å². The van der Waals surface area contributed by atoms with Gasteiger partial charge >= 0.3 is 6.01 Å². The minimum atomic E-state index is -3.38. The fraction of sp³-hybridized carbons (Fsp3) is 0.500. The van der Waals surface area contributed by atoms with E-state index in [4.69, 9.17) is 9.72 Å². The number of hydrogen-bond acceptors (Lipinski definition) is 9. The van der Waals surface area contributed by atoms with Gasteiger partial charge in [0.2, 0.25) is 0 Å². The zero-order chi connectivity index (χ0) is 33.1. The van der Waals surface area contributed by atoms with E-state index in [0.29, 0.717) is 67.3 Å². The van der Waals surface area contributed by atoms with Crippen molar-refractivity contribution < 1.29 is 31.4 Å². The second-order valence-electron chi connectivity index (χ2n) is 13.2. The summed E-state index contributed by atoms with van der Waals surface area (Å²) in [7, 11) is -3.38. The smallest absolute Gasteiger partial charge is 0.319 e. The number of anilines is 1. The lowest BCUT2D eigenvalue weighted by atomic mass is 9.94. The maximum Gasteiger partial charge on any atom is 0.319 e. The minimum absolute atomic E-state index is 0.100. The number of alkyl halides is 1. The normalized spacial score (nSPS) is 23.8. The van der Waals surface area contributed by atoms with Gasteiger partial charge in [0.1, 0.15) is 41.4 Å². The fourth-order valence-electron chi connectivity index (χ4n) is 7.84. The van der Waals surface area contributed by atoms with Crippen LogP contribution in [0.5, 0.6) is 11.8 Å². The maximum atomic E-state index is 16.9. The van der Waals surface area contributed by atoms with Crippen molar-refractivity contribution in [2.24, 2.45) is 0 Å². The highest BCUT2D eigenvalue weighted by atomic mass is 32.2. The Kier molecular flexibility index (Phi) is 8.18. The van der Waals surface area contributed by atoms with E-state index < -0.39 is 38.4 Å². The van der Waals surface area contributed by atoms with Crippen molar-refractivity contribution in [3.8, 4) is 23.0 Å². The molecule has 9 nitrogen and oxygen atoms in total. The molecule has 3 atom stereocenters. The monoisotopic (exact) mass is 669 g/mol. The van der Waals surface area contributed by atoms with Crippen LogP contribution in [-0.2, 0) is 16.3 Å². The van der Waals surface area contributed by atoms with Gasteiger partial charge in [0.15, 0.2) is 15.7 Å². The zero-order valence-corrected chi connectivity index (χ0v) is 27.3. The molecular formula is C34H38F3N5O4S. The lowest BCUT2D eigenvalue weighted by Gasteiger charge is -2.31. The maximum absolute atomic E-state index is 16.9. The molecule has 1 N–H and O–H groups in total. The van der Waals surface area contributed by atoms with Crippen molar-refractivity contribution in [3.63, 3.8) is 0 Å². The molecule has 5 heterocycles. The van der Waals surface area contributed by atoms with Crippen LogP contribution in [-0.4, -0.2) is 89.4 Å². The van der Waals surface area contributed by atoms with E-state index in [1.807, 2.05) is 4.90 Å². The van der Waals surface area contributed by atoms with Crippen LogP contribution >= 0.6 is 0 Å². The number of aromatic hydroxyl groups is 1. The first kappa shape index (κ1) is 31.9. The number of phenolic OH excluding ortho intramolecular Hbond substituents is 1. The first-order chi connectivity index (χ1) is 22.5. The molecule has 0 amide bonds. The Balaban J connectivity index is 1.39. The highest BCUT2D eigenvalue weighted by molar-refractivity contribution is 7.91. The Labute approximate surface area is 271 Å². The van der Waals surface area contributed by atoms with Gasteiger partial charge in [-0.05, 0) is 73.2 Å². The average Bonchev–Trinajstić information content (AvgIpc) is 3.42. The Bertz CT molecular complexity index is 1980. The molecule has 4 aromatic rings. The van der Waals surface area contributed by atoms with Crippen LogP contribution in [0.25, 0.3) is 32.9 Å². The van der Waals surface area contributed by atoms with Crippen LogP contribution in [0.15, 0.2) is 30.5 Å². The molecular weight excluding hydrogens is 631 g/mol. The molecule has 3 aliphatic rings. The standard InChI is InChI=1S/C34H38F3N5O4S/c1-3-24-27(36)9-8-20-13-22(43)14-25(28(20)24)30-29(37)31-26(16-38-30)32(41-11-5-4-7-23(18-41)47(2,44)45)40-33(39-31)46-19-34-10-6-12-42(34)17-21(35)15-34/h8-9,13-14,16,21,23,43H,3-7,10-12,15,17-19H2,1-2H3/t21-,23?,34-/m1/s1. The van der Waals surface area contributed by atoms with Crippen LogP contribution in [0, 0.1) is 11.6 Å². The molecule has 3 saturated heterocycles. The molecule has 13 heteroatoms. The number of benzene rings is 2. The molecule has 2 aromatic carbocycles. The summed E-state index contributed by atoms with van der Waals surface area (Å²) in [5.41, 5.74) is -0.144. The van der Waals surface area contributed by atoms with Crippen molar-refractivity contribution in [2.75, 3.05) is 43.9 Å². The summed E-state index contributed by atoms with van der Waals surface area (Å²) in [6.45, 7) is 3.68. The Hall–Kier alpha value is -3.71. The Morgan fingerprint density at radius 1 is 1.11 bits per heavy atom. The third-order valence-corrected chi connectivity index (χ3v) is 11.8. The molecule has 2 aromatic heterocycles. The lowest BCUT2D eigenvalue weighted by Crippen LogP contribution is -2.43. The van der Waals surface area contributed by atoms with Gasteiger partial charge in [-0.1, -0.05) is 19.4 Å². The quantitative estimate of drug-likeness (QED) is 0.263. The van der Waals surface area contributed by atoms with Gasteiger partial charge < -0.3 is 14.7 Å². The zero-order valence-electron chi connectivity index (χ0n) is 26.5. The van der Waals surface area contributed by atoms with Crippen LogP contribution < -0.4 is 9.64 Å². The van der Waals surface area contributed by atoms with Gasteiger partial charge in [-0.2, -0.15) is 9.97 Å². The van der Waals surface area contributed by atoms with Gasteiger partial charge in [0, 0.05) is 44.1 Å². The fourth-order valence-corrected chi connectivity index (χ4v) is 8.89. The predicted molar refractivity (Wildman–Crippen MR) is 174 cm³/mol. The van der Waals surface area contributed by atoms with Crippen molar-refractivity contribution >= 4 is 37.3 Å². The van der Waals surface area contributed by atoms with E-state index >= 15 is 4.39 Å². The number of nitrogens with zero attached hydrogens (tertiary/aromatic N) is 5. The van der Waals surface area contributed by atoms with E-state index in [1.165, 1.54) is 36.7 Å². The number of hydrogen-bond donors (Lipinski definition) is 1. The number of sulfone groups is 1. The SMILES string of the molecule is CCc1c(F)ccc2cc(O)cc(-c3ncc4c(N5CCCCC(S(C)(=O)=O)C5)nc(OC[C@]56CCCN5C[C@H](F)C6)nc4c3F)c12. The molecule has 0 bridgehead atoms. The molecule has 3 fully saturated rings. The Morgan fingerprint density at radius 2 is 1.94 bits per heavy atom. The van der Waals surface area contributed by atoms with Crippen molar-refractivity contribution in [1.82, 2.24) is 19.9 Å². The summed E-state index contributed by atoms with van der Waals surface area (Å²) >= 11 is 0. The third kappa shape index (κ3) is 5.75. The molecule has 0 aliphatic carbocycles. The van der Waals surface area contributed by atoms with Crippen LogP contribution in [0.4, 0.5) is 19.0 Å². The molecule has 0 saturated carbocycles. The van der Waals surface area contributed by atoms with Gasteiger partial charge in [0.25, 0.3) is 0 Å². The van der Waals surface area contributed by atoms with E-state index in [2.05, 4.69) is 14.9 Å². The number of ether oxygens (including phenoxy) is 1. The molecule has 1 unspecified atom stereocenters. The van der Waals surface area contributed by atoms with Gasteiger partial charge in [0.05, 0.1) is 16.2 Å². The highest BCUT2D eigenvalue weighted by Crippen LogP contribution is 2.42. The summed E-state index contributed by atoms with van der Waals surface area (Å²) in [5.74, 6) is -1.09. The second-order valence-corrected chi connectivity index (χ2v) is 15.6. The summed E-state index contributed by atoms with van der Waals surface area (Å²) in [5, 5.41) is 11.2. The largest absolute Gasteiger partial charge is 0.508 e. The van der Waals surface area contributed by atoms with Crippen molar-refractivity contribution in [3.05, 3.63) is 47.7 Å². The highest BCUT2D eigenvalue weighted by Gasteiger charge is 2.49. The summed E-state index contributed by atoms with van der Waals surface area (Å²) in [6, 6.07) is 5.62. The molecule has 0 radical (unpaired) electrons. The number of rotatable bonds is 7. The minimum Gasteiger partial charge on any atom is -0.508 e. The molecule has 250 valence electrons. The van der Waals surface area contributed by atoms with E-state index in [0.717, 1.165) is 19.4 Å². The first-order valence-corrected chi connectivity index (χ1v) is 18.2. The number of fused-ring (bicyclic) bond motifs is 3. The second kappa shape index (κ2) is 12.1. The summed E-state index contributed by atoms with van der Waals surface area (Å²) in [6.07, 6.45) is 5.96. The van der Waals surface area contributed by atoms with E-state index in [-0.39, 0.29) is 47.1 Å². The van der Waals surface area contributed by atoms with E-state index in [1.54, 1.807) is 6.92 Å². The average molecular weight is 670 g/mol. The number of aromatic nitrogens is 3. The van der Waals surface area contributed by atoms with Gasteiger partial charge in [-0.15, -0.1) is 0 Å². The van der Waals surface area contributed by atoms with Crippen molar-refractivity contribution in [2.45, 2.75) is 68.8 Å². The summed E-state index contributed by atoms with van der Waals surface area (Å²) < 4.78 is 77.9. The number of aryl methyl sites for hydroxylation is 1. The topological polar surface area (TPSA) is 109 Å². The Morgan fingerprint density at radius 3 is 2.72 bits per heavy atom. The van der Waals surface area contributed by atoms with Crippen molar-refractivity contribution in [1.29, 1.82) is 0 Å². The molecule has 0 spiro atoms. The molecule has 3 aliphatic heterocycles. The van der Waals surface area contributed by atoms with Crippen LogP contribution in [0.3, 0.4) is 0 Å². The third-order valence-electron chi connectivity index (χ3n) is 10.2. The number of halogens is 3. The number of pyridine rings is 1. The van der Waals surface area contributed by atoms with Crippen LogP contribution in [0.2, 0.25) is 0 Å². The van der Waals surface area contributed by atoms with E-state index in [9.17, 15) is 22.3 Å².